The van der Waals surface area contributed by atoms with E-state index in [1.807, 2.05) is 30.3 Å². The molecule has 2 aromatic heterocycles. The summed E-state index contributed by atoms with van der Waals surface area (Å²) in [5.74, 6) is 0.322. The topological polar surface area (TPSA) is 48.5 Å². The van der Waals surface area contributed by atoms with E-state index in [1.54, 1.807) is 12.1 Å². The number of hydrogen-bond donors (Lipinski definition) is 0. The molecule has 0 radical (unpaired) electrons. The molecule has 29 heavy (non-hydrogen) atoms. The standard InChI is InChI=1S/C23H18FN5/c24-19-12-10-18(11-13-19)15-29-26-23(25-27-29)21-16-28(14-17-6-2-1-3-7-17)22-9-5-4-8-20(21)22/h1-13,16H,14-15H2. The number of benzene rings is 3. The Kier molecular flexibility index (Phi) is 4.37. The molecule has 0 aliphatic heterocycles. The molecule has 142 valence electrons. The molecule has 0 aliphatic rings. The van der Waals surface area contributed by atoms with Gasteiger partial charge in [-0.05, 0) is 34.5 Å². The minimum atomic E-state index is -0.257. The second-order valence-corrected chi connectivity index (χ2v) is 6.94. The van der Waals surface area contributed by atoms with Crippen molar-refractivity contribution in [2.75, 3.05) is 0 Å². The number of rotatable bonds is 5. The van der Waals surface area contributed by atoms with Crippen molar-refractivity contribution in [3.63, 3.8) is 0 Å². The van der Waals surface area contributed by atoms with Crippen LogP contribution in [0.4, 0.5) is 4.39 Å². The monoisotopic (exact) mass is 383 g/mol. The second-order valence-electron chi connectivity index (χ2n) is 6.94. The minimum Gasteiger partial charge on any atom is -0.342 e. The average molecular weight is 383 g/mol. The third kappa shape index (κ3) is 3.52. The molecule has 0 unspecified atom stereocenters. The van der Waals surface area contributed by atoms with E-state index in [0.29, 0.717) is 12.4 Å². The number of tetrazole rings is 1. The normalized spacial score (nSPS) is 11.2. The first-order valence-corrected chi connectivity index (χ1v) is 9.41. The van der Waals surface area contributed by atoms with Gasteiger partial charge in [-0.25, -0.2) is 4.39 Å². The van der Waals surface area contributed by atoms with E-state index in [9.17, 15) is 4.39 Å². The highest BCUT2D eigenvalue weighted by atomic mass is 19.1. The van der Waals surface area contributed by atoms with Gasteiger partial charge in [-0.3, -0.25) is 0 Å². The molecule has 6 heteroatoms. The summed E-state index contributed by atoms with van der Waals surface area (Å²) in [5.41, 5.74) is 4.22. The lowest BCUT2D eigenvalue weighted by Gasteiger charge is -2.05. The minimum absolute atomic E-state index is 0.257. The molecule has 0 spiro atoms. The highest BCUT2D eigenvalue weighted by molar-refractivity contribution is 5.94. The van der Waals surface area contributed by atoms with Gasteiger partial charge >= 0.3 is 0 Å². The van der Waals surface area contributed by atoms with Crippen LogP contribution in [0, 0.1) is 5.82 Å². The first kappa shape index (κ1) is 17.3. The molecule has 5 aromatic rings. The van der Waals surface area contributed by atoms with E-state index in [1.165, 1.54) is 22.5 Å². The van der Waals surface area contributed by atoms with Crippen molar-refractivity contribution in [2.24, 2.45) is 0 Å². The van der Waals surface area contributed by atoms with Gasteiger partial charge in [0.2, 0.25) is 5.82 Å². The first-order valence-electron chi connectivity index (χ1n) is 9.41. The van der Waals surface area contributed by atoms with Crippen LogP contribution in [0.3, 0.4) is 0 Å². The Morgan fingerprint density at radius 2 is 1.48 bits per heavy atom. The molecule has 0 saturated carbocycles. The number of halogens is 1. The van der Waals surface area contributed by atoms with Crippen molar-refractivity contribution in [1.29, 1.82) is 0 Å². The lowest BCUT2D eigenvalue weighted by molar-refractivity contribution is 0.570. The SMILES string of the molecule is Fc1ccc(Cn2nnc(-c3cn(Cc4ccccc4)c4ccccc34)n2)cc1. The van der Waals surface area contributed by atoms with Gasteiger partial charge < -0.3 is 4.57 Å². The Morgan fingerprint density at radius 1 is 0.759 bits per heavy atom. The number of aromatic nitrogens is 5. The maximum absolute atomic E-state index is 13.1. The number of nitrogens with zero attached hydrogens (tertiary/aromatic N) is 5. The molecule has 5 rings (SSSR count). The molecule has 0 fully saturated rings. The Hall–Kier alpha value is -3.80. The molecular formula is C23H18FN5. The van der Waals surface area contributed by atoms with Crippen molar-refractivity contribution in [1.82, 2.24) is 24.8 Å². The predicted octanol–water partition coefficient (Wildman–Crippen LogP) is 4.53. The zero-order valence-electron chi connectivity index (χ0n) is 15.6. The van der Waals surface area contributed by atoms with E-state index in [4.69, 9.17) is 0 Å². The molecule has 2 heterocycles. The van der Waals surface area contributed by atoms with Crippen LogP contribution in [-0.2, 0) is 13.1 Å². The molecule has 0 saturated heterocycles. The fraction of sp³-hybridized carbons (Fsp3) is 0.0870. The highest BCUT2D eigenvalue weighted by Crippen LogP contribution is 2.28. The van der Waals surface area contributed by atoms with Crippen molar-refractivity contribution in [3.05, 3.63) is 102 Å². The Balaban J connectivity index is 1.49. The van der Waals surface area contributed by atoms with Crippen LogP contribution in [0.1, 0.15) is 11.1 Å². The Bertz CT molecular complexity index is 1260. The summed E-state index contributed by atoms with van der Waals surface area (Å²) in [4.78, 5) is 1.53. The van der Waals surface area contributed by atoms with Gasteiger partial charge in [-0.15, -0.1) is 10.2 Å². The molecule has 0 atom stereocenters. The summed E-state index contributed by atoms with van der Waals surface area (Å²) in [6.45, 7) is 1.21. The van der Waals surface area contributed by atoms with Gasteiger partial charge in [0.05, 0.1) is 6.54 Å². The maximum atomic E-state index is 13.1. The molecule has 3 aromatic carbocycles. The van der Waals surface area contributed by atoms with Crippen LogP contribution < -0.4 is 0 Å². The van der Waals surface area contributed by atoms with Gasteiger partial charge in [0.25, 0.3) is 0 Å². The Labute approximate surface area is 167 Å². The summed E-state index contributed by atoms with van der Waals surface area (Å²) in [5, 5.41) is 14.1. The fourth-order valence-electron chi connectivity index (χ4n) is 3.51. The first-order chi connectivity index (χ1) is 14.3. The van der Waals surface area contributed by atoms with Gasteiger partial charge in [-0.2, -0.15) is 4.80 Å². The quantitative estimate of drug-likeness (QED) is 0.448. The zero-order chi connectivity index (χ0) is 19.6. The lowest BCUT2D eigenvalue weighted by atomic mass is 10.2. The van der Waals surface area contributed by atoms with Crippen LogP contribution in [0.15, 0.2) is 85.1 Å². The average Bonchev–Trinajstić information content (AvgIpc) is 3.36. The van der Waals surface area contributed by atoms with E-state index < -0.39 is 0 Å². The largest absolute Gasteiger partial charge is 0.342 e. The number of para-hydroxylation sites is 1. The summed E-state index contributed by atoms with van der Waals surface area (Å²) >= 11 is 0. The van der Waals surface area contributed by atoms with Crippen molar-refractivity contribution in [2.45, 2.75) is 13.1 Å². The fourth-order valence-corrected chi connectivity index (χ4v) is 3.51. The van der Waals surface area contributed by atoms with E-state index in [2.05, 4.69) is 50.4 Å². The molecular weight excluding hydrogens is 365 g/mol. The molecule has 0 amide bonds. The van der Waals surface area contributed by atoms with E-state index in [0.717, 1.165) is 28.6 Å². The summed E-state index contributed by atoms with van der Waals surface area (Å²) < 4.78 is 15.3. The maximum Gasteiger partial charge on any atom is 0.207 e. The molecule has 0 N–H and O–H groups in total. The van der Waals surface area contributed by atoms with Crippen LogP contribution in [-0.4, -0.2) is 24.8 Å². The molecule has 0 aliphatic carbocycles. The summed E-state index contributed by atoms with van der Waals surface area (Å²) in [6, 6.07) is 24.9. The second kappa shape index (κ2) is 7.31. The van der Waals surface area contributed by atoms with Crippen LogP contribution in [0.25, 0.3) is 22.3 Å². The molecule has 0 bridgehead atoms. The highest BCUT2D eigenvalue weighted by Gasteiger charge is 2.15. The smallest absolute Gasteiger partial charge is 0.207 e. The summed E-state index contributed by atoms with van der Waals surface area (Å²) in [7, 11) is 0. The zero-order valence-corrected chi connectivity index (χ0v) is 15.6. The van der Waals surface area contributed by atoms with Gasteiger partial charge in [0.1, 0.15) is 5.82 Å². The third-order valence-corrected chi connectivity index (χ3v) is 4.92. The van der Waals surface area contributed by atoms with Gasteiger partial charge in [0.15, 0.2) is 0 Å². The van der Waals surface area contributed by atoms with Crippen molar-refractivity contribution < 1.29 is 4.39 Å². The van der Waals surface area contributed by atoms with Crippen LogP contribution >= 0.6 is 0 Å². The van der Waals surface area contributed by atoms with Crippen molar-refractivity contribution >= 4 is 10.9 Å². The lowest BCUT2D eigenvalue weighted by Crippen LogP contribution is -2.04. The summed E-state index contributed by atoms with van der Waals surface area (Å²) in [6.07, 6.45) is 2.08. The number of fused-ring (bicyclic) bond motifs is 1. The van der Waals surface area contributed by atoms with Gasteiger partial charge in [-0.1, -0.05) is 60.7 Å². The number of hydrogen-bond acceptors (Lipinski definition) is 3. The van der Waals surface area contributed by atoms with Crippen molar-refractivity contribution in [3.8, 4) is 11.4 Å². The molecule has 5 nitrogen and oxygen atoms in total. The van der Waals surface area contributed by atoms with E-state index in [-0.39, 0.29) is 5.82 Å². The Morgan fingerprint density at radius 3 is 2.31 bits per heavy atom. The third-order valence-electron chi connectivity index (χ3n) is 4.92. The van der Waals surface area contributed by atoms with Crippen LogP contribution in [0.2, 0.25) is 0 Å². The van der Waals surface area contributed by atoms with Gasteiger partial charge in [0, 0.05) is 29.2 Å². The predicted molar refractivity (Wildman–Crippen MR) is 110 cm³/mol. The van der Waals surface area contributed by atoms with Crippen LogP contribution in [0.5, 0.6) is 0 Å². The van der Waals surface area contributed by atoms with E-state index >= 15 is 0 Å².